The van der Waals surface area contributed by atoms with Crippen molar-refractivity contribution in [2.24, 2.45) is 5.73 Å². The molecule has 3 nitrogen and oxygen atoms in total. The van der Waals surface area contributed by atoms with Crippen LogP contribution in [-0.4, -0.2) is 10.8 Å². The lowest BCUT2D eigenvalue weighted by atomic mass is 10.2. The van der Waals surface area contributed by atoms with E-state index in [-0.39, 0.29) is 5.84 Å². The molecule has 1 rings (SSSR count). The van der Waals surface area contributed by atoms with Gasteiger partial charge in [-0.05, 0) is 5.92 Å². The highest BCUT2D eigenvalue weighted by Crippen LogP contribution is 2.16. The van der Waals surface area contributed by atoms with Crippen LogP contribution in [0.25, 0.3) is 0 Å². The summed E-state index contributed by atoms with van der Waals surface area (Å²) in [5.41, 5.74) is 6.27. The number of rotatable bonds is 2. The third-order valence-electron chi connectivity index (χ3n) is 1.34. The molecule has 1 aromatic heterocycles. The van der Waals surface area contributed by atoms with Crippen LogP contribution in [0.15, 0.2) is 5.38 Å². The summed E-state index contributed by atoms with van der Waals surface area (Å²) in [6, 6.07) is 0. The smallest absolute Gasteiger partial charge is 0.158 e. The van der Waals surface area contributed by atoms with Gasteiger partial charge in [0.1, 0.15) is 0 Å². The summed E-state index contributed by atoms with van der Waals surface area (Å²) in [5, 5.41) is 9.68. The number of nitrogens with zero attached hydrogens (tertiary/aromatic N) is 1. The summed E-state index contributed by atoms with van der Waals surface area (Å²) in [6.45, 7) is 4.14. The molecule has 11 heavy (non-hydrogen) atoms. The third-order valence-corrected chi connectivity index (χ3v) is 2.24. The Morgan fingerprint density at radius 3 is 2.64 bits per heavy atom. The summed E-state index contributed by atoms with van der Waals surface area (Å²) in [7, 11) is 0. The molecule has 0 saturated carbocycles. The second kappa shape index (κ2) is 3.00. The third kappa shape index (κ3) is 1.77. The van der Waals surface area contributed by atoms with Crippen molar-refractivity contribution in [2.75, 3.05) is 0 Å². The van der Waals surface area contributed by atoms with E-state index < -0.39 is 0 Å². The van der Waals surface area contributed by atoms with Crippen LogP contribution in [0.5, 0.6) is 0 Å². The van der Waals surface area contributed by atoms with E-state index in [0.29, 0.717) is 10.9 Å². The Balaban J connectivity index is 2.90. The molecule has 0 aliphatic heterocycles. The fourth-order valence-corrected chi connectivity index (χ4v) is 1.52. The van der Waals surface area contributed by atoms with Crippen molar-refractivity contribution in [3.8, 4) is 0 Å². The Kier molecular flexibility index (Phi) is 2.24. The standard InChI is InChI=1S/C7H11N3S/c1-4(2)5-3-11-7(10-5)6(8)9/h3-4H,1-2H3,(H3,8,9). The van der Waals surface area contributed by atoms with Gasteiger partial charge in [0.2, 0.25) is 0 Å². The summed E-state index contributed by atoms with van der Waals surface area (Å²) >= 11 is 1.43. The van der Waals surface area contributed by atoms with Crippen LogP contribution in [0.2, 0.25) is 0 Å². The van der Waals surface area contributed by atoms with Gasteiger partial charge in [-0.25, -0.2) is 4.98 Å². The molecular formula is C7H11N3S. The number of nitrogens with one attached hydrogen (secondary N) is 1. The SMILES string of the molecule is CC(C)c1csc(C(=N)N)n1. The summed E-state index contributed by atoms with van der Waals surface area (Å²) < 4.78 is 0. The van der Waals surface area contributed by atoms with E-state index >= 15 is 0 Å². The monoisotopic (exact) mass is 169 g/mol. The number of nitrogen functional groups attached to an aromatic ring is 1. The summed E-state index contributed by atoms with van der Waals surface area (Å²) in [4.78, 5) is 4.18. The van der Waals surface area contributed by atoms with Crippen molar-refractivity contribution in [1.82, 2.24) is 4.98 Å². The quantitative estimate of drug-likeness (QED) is 0.521. The van der Waals surface area contributed by atoms with E-state index in [2.05, 4.69) is 18.8 Å². The predicted octanol–water partition coefficient (Wildman–Crippen LogP) is 1.55. The minimum atomic E-state index is 0.0573. The van der Waals surface area contributed by atoms with Crippen molar-refractivity contribution in [2.45, 2.75) is 19.8 Å². The molecule has 1 heterocycles. The summed E-state index contributed by atoms with van der Waals surface area (Å²) in [5.74, 6) is 0.473. The molecule has 0 bridgehead atoms. The van der Waals surface area contributed by atoms with E-state index in [1.807, 2.05) is 5.38 Å². The van der Waals surface area contributed by atoms with Gasteiger partial charge >= 0.3 is 0 Å². The van der Waals surface area contributed by atoms with Gasteiger partial charge in [-0.1, -0.05) is 13.8 Å². The van der Waals surface area contributed by atoms with Gasteiger partial charge in [-0.2, -0.15) is 0 Å². The molecule has 1 aromatic rings. The molecule has 0 spiro atoms. The fraction of sp³-hybridized carbons (Fsp3) is 0.429. The van der Waals surface area contributed by atoms with E-state index in [1.54, 1.807) is 0 Å². The lowest BCUT2D eigenvalue weighted by Crippen LogP contribution is -2.10. The Hall–Kier alpha value is -0.900. The molecule has 0 aliphatic rings. The Bertz CT molecular complexity index is 264. The number of thiazole rings is 1. The van der Waals surface area contributed by atoms with Gasteiger partial charge in [0, 0.05) is 5.38 Å². The molecule has 0 saturated heterocycles. The first-order valence-corrected chi connectivity index (χ1v) is 4.29. The molecule has 60 valence electrons. The minimum Gasteiger partial charge on any atom is -0.382 e. The first-order valence-electron chi connectivity index (χ1n) is 3.41. The number of aromatic nitrogens is 1. The second-order valence-electron chi connectivity index (χ2n) is 2.65. The van der Waals surface area contributed by atoms with Crippen LogP contribution in [0, 0.1) is 5.41 Å². The average Bonchev–Trinajstić information content (AvgIpc) is 2.33. The highest BCUT2D eigenvalue weighted by atomic mass is 32.1. The van der Waals surface area contributed by atoms with Crippen molar-refractivity contribution < 1.29 is 0 Å². The Morgan fingerprint density at radius 1 is 1.73 bits per heavy atom. The van der Waals surface area contributed by atoms with Gasteiger partial charge in [0.05, 0.1) is 5.69 Å². The number of amidine groups is 1. The van der Waals surface area contributed by atoms with Crippen LogP contribution < -0.4 is 5.73 Å². The topological polar surface area (TPSA) is 62.8 Å². The van der Waals surface area contributed by atoms with E-state index in [4.69, 9.17) is 11.1 Å². The first-order chi connectivity index (χ1) is 5.11. The molecule has 0 unspecified atom stereocenters. The molecule has 0 aromatic carbocycles. The molecule has 0 fully saturated rings. The van der Waals surface area contributed by atoms with Crippen LogP contribution in [0.4, 0.5) is 0 Å². The Morgan fingerprint density at radius 2 is 2.36 bits per heavy atom. The van der Waals surface area contributed by atoms with Gasteiger partial charge in [-0.3, -0.25) is 5.41 Å². The maximum Gasteiger partial charge on any atom is 0.158 e. The molecule has 0 radical (unpaired) electrons. The maximum atomic E-state index is 7.12. The minimum absolute atomic E-state index is 0.0573. The number of nitrogens with two attached hydrogens (primary N) is 1. The van der Waals surface area contributed by atoms with Crippen molar-refractivity contribution >= 4 is 17.2 Å². The number of hydrogen-bond donors (Lipinski definition) is 2. The first kappa shape index (κ1) is 8.20. The molecule has 0 atom stereocenters. The van der Waals surface area contributed by atoms with Crippen molar-refractivity contribution in [3.05, 3.63) is 16.1 Å². The molecular weight excluding hydrogens is 158 g/mol. The van der Waals surface area contributed by atoms with Gasteiger partial charge in [0.25, 0.3) is 0 Å². The average molecular weight is 169 g/mol. The molecule has 4 heteroatoms. The van der Waals surface area contributed by atoms with Crippen molar-refractivity contribution in [3.63, 3.8) is 0 Å². The van der Waals surface area contributed by atoms with Crippen LogP contribution >= 0.6 is 11.3 Å². The molecule has 3 N–H and O–H groups in total. The normalized spacial score (nSPS) is 10.5. The molecule has 0 aliphatic carbocycles. The zero-order chi connectivity index (χ0) is 8.43. The zero-order valence-corrected chi connectivity index (χ0v) is 7.40. The lowest BCUT2D eigenvalue weighted by Gasteiger charge is -1.96. The highest BCUT2D eigenvalue weighted by molar-refractivity contribution is 7.11. The van der Waals surface area contributed by atoms with E-state index in [0.717, 1.165) is 5.69 Å². The predicted molar refractivity (Wildman–Crippen MR) is 47.2 cm³/mol. The largest absolute Gasteiger partial charge is 0.382 e. The van der Waals surface area contributed by atoms with Crippen molar-refractivity contribution in [1.29, 1.82) is 5.41 Å². The Labute approximate surface area is 69.8 Å². The van der Waals surface area contributed by atoms with E-state index in [1.165, 1.54) is 11.3 Å². The van der Waals surface area contributed by atoms with Gasteiger partial charge < -0.3 is 5.73 Å². The molecule has 0 amide bonds. The van der Waals surface area contributed by atoms with Gasteiger partial charge in [-0.15, -0.1) is 11.3 Å². The number of hydrogen-bond acceptors (Lipinski definition) is 3. The van der Waals surface area contributed by atoms with Crippen LogP contribution in [-0.2, 0) is 0 Å². The highest BCUT2D eigenvalue weighted by Gasteiger charge is 2.06. The maximum absolute atomic E-state index is 7.12. The second-order valence-corrected chi connectivity index (χ2v) is 3.50. The van der Waals surface area contributed by atoms with Crippen LogP contribution in [0.3, 0.4) is 0 Å². The fourth-order valence-electron chi connectivity index (χ4n) is 0.675. The lowest BCUT2D eigenvalue weighted by molar-refractivity contribution is 0.831. The van der Waals surface area contributed by atoms with E-state index in [9.17, 15) is 0 Å². The van der Waals surface area contributed by atoms with Crippen LogP contribution in [0.1, 0.15) is 30.5 Å². The van der Waals surface area contributed by atoms with Gasteiger partial charge in [0.15, 0.2) is 10.8 Å². The zero-order valence-electron chi connectivity index (χ0n) is 6.59. The summed E-state index contributed by atoms with van der Waals surface area (Å²) in [6.07, 6.45) is 0.